The van der Waals surface area contributed by atoms with E-state index in [0.29, 0.717) is 12.6 Å². The summed E-state index contributed by atoms with van der Waals surface area (Å²) in [5, 5.41) is 7.02. The molecule has 6 nitrogen and oxygen atoms in total. The second-order valence-electron chi connectivity index (χ2n) is 7.62. The normalized spacial score (nSPS) is 19.9. The molecule has 150 valence electrons. The Morgan fingerprint density at radius 1 is 1.15 bits per heavy atom. The van der Waals surface area contributed by atoms with Gasteiger partial charge in [0.2, 0.25) is 0 Å². The van der Waals surface area contributed by atoms with Crippen molar-refractivity contribution in [3.63, 3.8) is 0 Å². The Balaban J connectivity index is 1.59. The van der Waals surface area contributed by atoms with E-state index in [0.717, 1.165) is 51.0 Å². The topological polar surface area (TPSA) is 55.8 Å². The number of aromatic nitrogens is 1. The number of rotatable bonds is 6. The first kappa shape index (κ1) is 19.9. The fraction of sp³-hybridized carbons (Fsp3) is 0.714. The van der Waals surface area contributed by atoms with Crippen molar-refractivity contribution in [2.45, 2.75) is 58.5 Å². The van der Waals surface area contributed by atoms with Gasteiger partial charge in [0.15, 0.2) is 5.96 Å². The number of hydrogen-bond donors (Lipinski definition) is 2. The van der Waals surface area contributed by atoms with Crippen LogP contribution in [0.5, 0.6) is 0 Å². The van der Waals surface area contributed by atoms with Crippen molar-refractivity contribution in [2.75, 3.05) is 44.2 Å². The zero-order valence-electron chi connectivity index (χ0n) is 17.1. The summed E-state index contributed by atoms with van der Waals surface area (Å²) < 4.78 is 0. The third-order valence-corrected chi connectivity index (χ3v) is 5.66. The molecule has 2 fully saturated rings. The third-order valence-electron chi connectivity index (χ3n) is 5.66. The molecule has 0 aromatic carbocycles. The molecule has 0 bridgehead atoms. The molecule has 1 saturated carbocycles. The summed E-state index contributed by atoms with van der Waals surface area (Å²) in [6.07, 6.45) is 8.47. The Kier molecular flexibility index (Phi) is 7.75. The minimum absolute atomic E-state index is 0.569. The van der Waals surface area contributed by atoms with Gasteiger partial charge in [-0.1, -0.05) is 26.2 Å². The highest BCUT2D eigenvalue weighted by Gasteiger charge is 2.17. The number of piperazine rings is 1. The van der Waals surface area contributed by atoms with Crippen LogP contribution in [0.4, 0.5) is 5.82 Å². The highest BCUT2D eigenvalue weighted by molar-refractivity contribution is 5.80. The quantitative estimate of drug-likeness (QED) is 0.594. The summed E-state index contributed by atoms with van der Waals surface area (Å²) in [7, 11) is 0. The number of nitrogens with one attached hydrogen (secondary N) is 2. The summed E-state index contributed by atoms with van der Waals surface area (Å²) in [5.41, 5.74) is 1.22. The van der Waals surface area contributed by atoms with Crippen molar-refractivity contribution in [2.24, 2.45) is 4.99 Å². The maximum atomic E-state index is 4.83. The van der Waals surface area contributed by atoms with Crippen molar-refractivity contribution in [1.29, 1.82) is 0 Å². The minimum atomic E-state index is 0.569. The fourth-order valence-electron chi connectivity index (χ4n) is 3.96. The summed E-state index contributed by atoms with van der Waals surface area (Å²) in [6.45, 7) is 11.4. The Hall–Kier alpha value is -1.82. The van der Waals surface area contributed by atoms with Crippen LogP contribution in [0.25, 0.3) is 0 Å². The van der Waals surface area contributed by atoms with E-state index in [1.165, 1.54) is 37.7 Å². The zero-order valence-corrected chi connectivity index (χ0v) is 17.1. The molecule has 0 atom stereocenters. The van der Waals surface area contributed by atoms with Gasteiger partial charge in [-0.2, -0.15) is 0 Å². The van der Waals surface area contributed by atoms with Gasteiger partial charge >= 0.3 is 0 Å². The van der Waals surface area contributed by atoms with Gasteiger partial charge in [0.25, 0.3) is 0 Å². The molecule has 1 aliphatic heterocycles. The smallest absolute Gasteiger partial charge is 0.191 e. The van der Waals surface area contributed by atoms with Gasteiger partial charge in [-0.15, -0.1) is 0 Å². The maximum Gasteiger partial charge on any atom is 0.191 e. The minimum Gasteiger partial charge on any atom is -0.357 e. The second kappa shape index (κ2) is 10.5. The van der Waals surface area contributed by atoms with Crippen LogP contribution < -0.4 is 15.5 Å². The average molecular weight is 373 g/mol. The van der Waals surface area contributed by atoms with Crippen LogP contribution >= 0.6 is 0 Å². The van der Waals surface area contributed by atoms with E-state index in [2.05, 4.69) is 51.4 Å². The molecule has 3 rings (SSSR count). The van der Waals surface area contributed by atoms with Crippen molar-refractivity contribution in [1.82, 2.24) is 20.5 Å². The molecule has 2 heterocycles. The summed E-state index contributed by atoms with van der Waals surface area (Å²) in [4.78, 5) is 14.3. The Morgan fingerprint density at radius 3 is 2.63 bits per heavy atom. The molecule has 1 aromatic rings. The standard InChI is InChI=1S/C21H36N6/c1-3-22-21(25-19-8-6-5-7-9-19)24-17-18-10-11-23-20(16-18)27-14-12-26(4-2)13-15-27/h10-11,16,19H,3-9,12-15,17H2,1-2H3,(H2,22,24,25). The lowest BCUT2D eigenvalue weighted by molar-refractivity contribution is 0.270. The van der Waals surface area contributed by atoms with Gasteiger partial charge in [0, 0.05) is 45.0 Å². The van der Waals surface area contributed by atoms with Gasteiger partial charge in [-0.05, 0) is 44.0 Å². The number of likely N-dealkylation sites (N-methyl/N-ethyl adjacent to an activating group) is 1. The molecule has 1 aliphatic carbocycles. The van der Waals surface area contributed by atoms with Crippen LogP contribution in [-0.2, 0) is 6.54 Å². The lowest BCUT2D eigenvalue weighted by atomic mass is 9.96. The molecular formula is C21H36N6. The van der Waals surface area contributed by atoms with E-state index in [9.17, 15) is 0 Å². The molecular weight excluding hydrogens is 336 g/mol. The first-order chi connectivity index (χ1) is 13.3. The number of pyridine rings is 1. The van der Waals surface area contributed by atoms with E-state index in [1.807, 2.05) is 6.20 Å². The second-order valence-corrected chi connectivity index (χ2v) is 7.62. The van der Waals surface area contributed by atoms with Gasteiger partial charge in [0.05, 0.1) is 6.54 Å². The van der Waals surface area contributed by atoms with E-state index < -0.39 is 0 Å². The van der Waals surface area contributed by atoms with Gasteiger partial charge in [0.1, 0.15) is 5.82 Å². The summed E-state index contributed by atoms with van der Waals surface area (Å²) >= 11 is 0. The SMILES string of the molecule is CCNC(=NCc1ccnc(N2CCN(CC)CC2)c1)NC1CCCCC1. The number of aliphatic imine (C=N–C) groups is 1. The summed E-state index contributed by atoms with van der Waals surface area (Å²) in [6, 6.07) is 4.86. The maximum absolute atomic E-state index is 4.83. The monoisotopic (exact) mass is 372 g/mol. The Morgan fingerprint density at radius 2 is 1.93 bits per heavy atom. The predicted molar refractivity (Wildman–Crippen MR) is 113 cm³/mol. The lowest BCUT2D eigenvalue weighted by Crippen LogP contribution is -2.46. The first-order valence-corrected chi connectivity index (χ1v) is 10.8. The highest BCUT2D eigenvalue weighted by atomic mass is 15.3. The number of nitrogens with zero attached hydrogens (tertiary/aromatic N) is 4. The van der Waals surface area contributed by atoms with Crippen LogP contribution in [-0.4, -0.2) is 61.2 Å². The van der Waals surface area contributed by atoms with E-state index in [4.69, 9.17) is 4.99 Å². The molecule has 0 radical (unpaired) electrons. The lowest BCUT2D eigenvalue weighted by Gasteiger charge is -2.34. The molecule has 2 aliphatic rings. The van der Waals surface area contributed by atoms with Crippen molar-refractivity contribution >= 4 is 11.8 Å². The van der Waals surface area contributed by atoms with E-state index in [1.54, 1.807) is 0 Å². The van der Waals surface area contributed by atoms with Crippen molar-refractivity contribution in [3.8, 4) is 0 Å². The Labute approximate surface area is 164 Å². The zero-order chi connectivity index (χ0) is 18.9. The molecule has 0 spiro atoms. The summed E-state index contributed by atoms with van der Waals surface area (Å²) in [5.74, 6) is 2.03. The molecule has 2 N–H and O–H groups in total. The van der Waals surface area contributed by atoms with E-state index in [-0.39, 0.29) is 0 Å². The largest absolute Gasteiger partial charge is 0.357 e. The predicted octanol–water partition coefficient (Wildman–Crippen LogP) is 2.61. The third kappa shape index (κ3) is 6.09. The van der Waals surface area contributed by atoms with Crippen molar-refractivity contribution in [3.05, 3.63) is 23.9 Å². The van der Waals surface area contributed by atoms with Gasteiger partial charge in [-0.3, -0.25) is 0 Å². The van der Waals surface area contributed by atoms with E-state index >= 15 is 0 Å². The molecule has 27 heavy (non-hydrogen) atoms. The van der Waals surface area contributed by atoms with Crippen LogP contribution in [0.15, 0.2) is 23.3 Å². The average Bonchev–Trinajstić information content (AvgIpc) is 2.73. The van der Waals surface area contributed by atoms with Crippen molar-refractivity contribution < 1.29 is 0 Å². The van der Waals surface area contributed by atoms with Crippen LogP contribution in [0.1, 0.15) is 51.5 Å². The Bertz CT molecular complexity index is 588. The fourth-order valence-corrected chi connectivity index (χ4v) is 3.96. The van der Waals surface area contributed by atoms with Crippen LogP contribution in [0, 0.1) is 0 Å². The molecule has 1 saturated heterocycles. The molecule has 1 aromatic heterocycles. The highest BCUT2D eigenvalue weighted by Crippen LogP contribution is 2.18. The first-order valence-electron chi connectivity index (χ1n) is 10.8. The van der Waals surface area contributed by atoms with Crippen LogP contribution in [0.2, 0.25) is 0 Å². The number of hydrogen-bond acceptors (Lipinski definition) is 4. The van der Waals surface area contributed by atoms with Gasteiger partial charge < -0.3 is 20.4 Å². The number of guanidine groups is 1. The molecule has 6 heteroatoms. The number of anilines is 1. The molecule has 0 unspecified atom stereocenters. The van der Waals surface area contributed by atoms with Gasteiger partial charge in [-0.25, -0.2) is 9.98 Å². The molecule has 0 amide bonds. The van der Waals surface area contributed by atoms with Crippen LogP contribution in [0.3, 0.4) is 0 Å².